The van der Waals surface area contributed by atoms with E-state index in [-0.39, 0.29) is 43.3 Å². The van der Waals surface area contributed by atoms with Gasteiger partial charge in [0, 0.05) is 68.1 Å². The van der Waals surface area contributed by atoms with Crippen LogP contribution in [0.15, 0.2) is 29.4 Å². The Balaban J connectivity index is 1.61. The fourth-order valence-corrected chi connectivity index (χ4v) is 7.74. The summed E-state index contributed by atoms with van der Waals surface area (Å²) >= 11 is 6.26. The van der Waals surface area contributed by atoms with Crippen LogP contribution in [0.25, 0.3) is 0 Å². The number of ketones is 3. The van der Waals surface area contributed by atoms with Crippen molar-refractivity contribution in [3.05, 3.63) is 34.9 Å². The van der Waals surface area contributed by atoms with E-state index >= 15 is 0 Å². The van der Waals surface area contributed by atoms with Crippen LogP contribution in [0.3, 0.4) is 0 Å². The first-order chi connectivity index (χ1) is 22.7. The number of hydrogen-bond acceptors (Lipinski definition) is 7. The van der Waals surface area contributed by atoms with Gasteiger partial charge in [0.25, 0.3) is 5.91 Å². The molecule has 0 aromatic heterocycles. The second kappa shape index (κ2) is 16.1. The largest absolute Gasteiger partial charge is 0.387 e. The molecular weight excluding hydrogens is 630 g/mol. The number of Topliss-reactive ketones (excluding diaryl/α,β-unsaturated/α-hetero) is 3. The van der Waals surface area contributed by atoms with Crippen molar-refractivity contribution >= 4 is 46.5 Å². The van der Waals surface area contributed by atoms with Gasteiger partial charge in [-0.2, -0.15) is 0 Å². The minimum atomic E-state index is -0.940. The van der Waals surface area contributed by atoms with Crippen LogP contribution < -0.4 is 0 Å². The molecule has 2 aliphatic heterocycles. The third-order valence-electron chi connectivity index (χ3n) is 10.6. The van der Waals surface area contributed by atoms with Crippen LogP contribution in [-0.4, -0.2) is 76.5 Å². The summed E-state index contributed by atoms with van der Waals surface area (Å²) in [6.07, 6.45) is 7.61. The quantitative estimate of drug-likeness (QED) is 0.199. The van der Waals surface area contributed by atoms with Crippen LogP contribution in [0.4, 0.5) is 0 Å². The van der Waals surface area contributed by atoms with Crippen molar-refractivity contribution in [3.63, 3.8) is 0 Å². The maximum Gasteiger partial charge on any atom is 0.289 e. The molecule has 1 aromatic rings. The SMILES string of the molecule is CCC[C@H](CC(=O)[C@@H]1C[C@]2(CC(c3cccc(Cl)c3)=NO2)CN1C(=O)[C@@H](CC(=O)CC1CCCCC1)C(C)(C)C)C(=O)C(=O)N(C)CC. The first kappa shape index (κ1) is 37.7. The zero-order chi connectivity index (χ0) is 35.2. The van der Waals surface area contributed by atoms with E-state index in [0.29, 0.717) is 48.9 Å². The zero-order valence-electron chi connectivity index (χ0n) is 29.7. The zero-order valence-corrected chi connectivity index (χ0v) is 30.4. The van der Waals surface area contributed by atoms with Crippen LogP contribution in [0.5, 0.6) is 0 Å². The Kier molecular flexibility index (Phi) is 12.7. The van der Waals surface area contributed by atoms with Gasteiger partial charge in [-0.25, -0.2) is 0 Å². The number of nitrogens with zero attached hydrogens (tertiary/aromatic N) is 3. The van der Waals surface area contributed by atoms with Crippen LogP contribution in [-0.2, 0) is 28.8 Å². The van der Waals surface area contributed by atoms with Crippen LogP contribution in [0, 0.1) is 23.2 Å². The van der Waals surface area contributed by atoms with E-state index in [1.165, 1.54) is 11.3 Å². The molecule has 1 aromatic carbocycles. The second-order valence-corrected chi connectivity index (χ2v) is 15.8. The molecule has 10 heteroatoms. The molecule has 1 aliphatic carbocycles. The molecule has 2 heterocycles. The Labute approximate surface area is 291 Å². The van der Waals surface area contributed by atoms with Crippen molar-refractivity contribution in [1.82, 2.24) is 9.80 Å². The lowest BCUT2D eigenvalue weighted by Crippen LogP contribution is -2.48. The van der Waals surface area contributed by atoms with Crippen molar-refractivity contribution in [2.45, 2.75) is 123 Å². The summed E-state index contributed by atoms with van der Waals surface area (Å²) in [5, 5.41) is 4.96. The summed E-state index contributed by atoms with van der Waals surface area (Å²) < 4.78 is 0. The number of carbonyl (C=O) groups excluding carboxylic acids is 5. The Morgan fingerprint density at radius 2 is 1.79 bits per heavy atom. The average Bonchev–Trinajstić information content (AvgIpc) is 3.65. The molecule has 3 aliphatic rings. The van der Waals surface area contributed by atoms with Gasteiger partial charge in [-0.3, -0.25) is 24.0 Å². The predicted molar refractivity (Wildman–Crippen MR) is 187 cm³/mol. The summed E-state index contributed by atoms with van der Waals surface area (Å²) in [4.78, 5) is 77.5. The molecule has 4 rings (SSSR count). The summed E-state index contributed by atoms with van der Waals surface area (Å²) in [6.45, 7) is 10.1. The van der Waals surface area contributed by atoms with Gasteiger partial charge in [0.1, 0.15) is 5.78 Å². The fourth-order valence-electron chi connectivity index (χ4n) is 7.55. The molecule has 264 valence electrons. The minimum Gasteiger partial charge on any atom is -0.387 e. The lowest BCUT2D eigenvalue weighted by atomic mass is 9.75. The first-order valence-corrected chi connectivity index (χ1v) is 18.2. The van der Waals surface area contributed by atoms with Gasteiger partial charge in [-0.1, -0.05) is 95.1 Å². The monoisotopic (exact) mass is 683 g/mol. The number of amides is 2. The molecule has 0 N–H and O–H groups in total. The molecular formula is C38H54ClN3O6. The summed E-state index contributed by atoms with van der Waals surface area (Å²) in [6, 6.07) is 6.44. The Hall–Kier alpha value is -3.07. The Morgan fingerprint density at radius 3 is 2.42 bits per heavy atom. The topological polar surface area (TPSA) is 113 Å². The van der Waals surface area contributed by atoms with E-state index in [4.69, 9.17) is 16.4 Å². The second-order valence-electron chi connectivity index (χ2n) is 15.4. The third-order valence-corrected chi connectivity index (χ3v) is 10.8. The Morgan fingerprint density at radius 1 is 1.08 bits per heavy atom. The number of halogens is 1. The number of carbonyl (C=O) groups is 5. The van der Waals surface area contributed by atoms with Gasteiger partial charge < -0.3 is 14.6 Å². The molecule has 1 spiro atoms. The molecule has 9 nitrogen and oxygen atoms in total. The van der Waals surface area contributed by atoms with Crippen LogP contribution >= 0.6 is 11.6 Å². The first-order valence-electron chi connectivity index (χ1n) is 17.8. The molecule has 4 atom stereocenters. The van der Waals surface area contributed by atoms with Crippen molar-refractivity contribution in [2.24, 2.45) is 28.3 Å². The van der Waals surface area contributed by atoms with Gasteiger partial charge in [-0.05, 0) is 36.8 Å². The van der Waals surface area contributed by atoms with E-state index in [9.17, 15) is 24.0 Å². The Bertz CT molecular complexity index is 1400. The van der Waals surface area contributed by atoms with Crippen molar-refractivity contribution in [2.75, 3.05) is 20.1 Å². The highest BCUT2D eigenvalue weighted by molar-refractivity contribution is 6.37. The van der Waals surface area contributed by atoms with Gasteiger partial charge in [0.2, 0.25) is 11.7 Å². The third kappa shape index (κ3) is 9.13. The summed E-state index contributed by atoms with van der Waals surface area (Å²) in [7, 11) is 1.57. The molecule has 0 radical (unpaired) electrons. The van der Waals surface area contributed by atoms with E-state index in [1.54, 1.807) is 24.9 Å². The van der Waals surface area contributed by atoms with E-state index < -0.39 is 40.6 Å². The maximum absolute atomic E-state index is 14.6. The van der Waals surface area contributed by atoms with Gasteiger partial charge in [0.15, 0.2) is 11.4 Å². The fraction of sp³-hybridized carbons (Fsp3) is 0.684. The summed E-state index contributed by atoms with van der Waals surface area (Å²) in [5.74, 6) is -2.69. The number of rotatable bonds is 14. The molecule has 0 bridgehead atoms. The van der Waals surface area contributed by atoms with Crippen LogP contribution in [0.1, 0.15) is 117 Å². The number of benzene rings is 1. The molecule has 48 heavy (non-hydrogen) atoms. The van der Waals surface area contributed by atoms with E-state index in [0.717, 1.165) is 31.2 Å². The molecule has 2 amide bonds. The standard InChI is InChI=1S/C38H54ClN3O6/c1-7-13-27(34(45)36(47)41(6)8-2)20-33(44)32-23-38(22-31(40-48-38)26-16-12-17-28(39)19-26)24-42(32)35(46)30(37(3,4)5)21-29(43)18-25-14-10-9-11-15-25/h12,16-17,19,25,27,30,32H,7-11,13-15,18,20-24H2,1-6H3/t27-,30-,32+,38-/m1/s1. The average molecular weight is 684 g/mol. The number of oxime groups is 1. The lowest BCUT2D eigenvalue weighted by Gasteiger charge is -2.35. The minimum absolute atomic E-state index is 0.0859. The summed E-state index contributed by atoms with van der Waals surface area (Å²) in [5.41, 5.74) is 0.00447. The van der Waals surface area contributed by atoms with Crippen molar-refractivity contribution < 1.29 is 28.8 Å². The van der Waals surface area contributed by atoms with Gasteiger partial charge in [0.05, 0.1) is 18.3 Å². The van der Waals surface area contributed by atoms with Crippen molar-refractivity contribution in [1.29, 1.82) is 0 Å². The highest BCUT2D eigenvalue weighted by atomic mass is 35.5. The predicted octanol–water partition coefficient (Wildman–Crippen LogP) is 6.82. The molecule has 0 unspecified atom stereocenters. The van der Waals surface area contributed by atoms with Gasteiger partial charge >= 0.3 is 0 Å². The van der Waals surface area contributed by atoms with Crippen LogP contribution in [0.2, 0.25) is 5.02 Å². The maximum atomic E-state index is 14.6. The van der Waals surface area contributed by atoms with E-state index in [2.05, 4.69) is 5.16 Å². The van der Waals surface area contributed by atoms with Crippen molar-refractivity contribution in [3.8, 4) is 0 Å². The highest BCUT2D eigenvalue weighted by Crippen LogP contribution is 2.43. The highest BCUT2D eigenvalue weighted by Gasteiger charge is 2.55. The van der Waals surface area contributed by atoms with Gasteiger partial charge in [-0.15, -0.1) is 0 Å². The smallest absolute Gasteiger partial charge is 0.289 e. The molecule has 1 saturated heterocycles. The lowest BCUT2D eigenvalue weighted by molar-refractivity contribution is -0.148. The number of hydrogen-bond donors (Lipinski definition) is 0. The number of likely N-dealkylation sites (tertiary alicyclic amines) is 1. The number of likely N-dealkylation sites (N-methyl/N-ethyl adjacent to an activating group) is 1. The molecule has 1 saturated carbocycles. The molecule has 2 fully saturated rings. The normalized spacial score (nSPS) is 22.6. The van der Waals surface area contributed by atoms with E-state index in [1.807, 2.05) is 45.9 Å².